The minimum atomic E-state index is -0.103. The fraction of sp³-hybridized carbons (Fsp3) is 0.625. The Morgan fingerprint density at radius 2 is 2.00 bits per heavy atom. The Balaban J connectivity index is 2.67. The lowest BCUT2D eigenvalue weighted by Crippen LogP contribution is -2.38. The van der Waals surface area contributed by atoms with Crippen molar-refractivity contribution >= 4 is 15.9 Å². The van der Waals surface area contributed by atoms with Crippen LogP contribution in [0.1, 0.15) is 33.3 Å². The van der Waals surface area contributed by atoms with Gasteiger partial charge in [0, 0.05) is 6.04 Å². The molecule has 0 aliphatic carbocycles. The number of hydrogen-bond donors (Lipinski definition) is 1. The standard InChI is InChI=1S/C16H26BrNO2/c1-6-18-13(11-20-16(2,3)4)9-12-7-8-15(19-5)14(17)10-12/h7-8,10,13,18H,6,9,11H2,1-5H3. The second-order valence-electron chi connectivity index (χ2n) is 5.85. The summed E-state index contributed by atoms with van der Waals surface area (Å²) >= 11 is 3.53. The van der Waals surface area contributed by atoms with Crippen LogP contribution in [0.5, 0.6) is 5.75 Å². The summed E-state index contributed by atoms with van der Waals surface area (Å²) in [6.07, 6.45) is 0.937. The van der Waals surface area contributed by atoms with Crippen LogP contribution in [-0.4, -0.2) is 31.9 Å². The first-order valence-corrected chi connectivity index (χ1v) is 7.84. The molecule has 1 aromatic carbocycles. The highest BCUT2D eigenvalue weighted by atomic mass is 79.9. The van der Waals surface area contributed by atoms with Gasteiger partial charge in [0.05, 0.1) is 23.8 Å². The van der Waals surface area contributed by atoms with Crippen LogP contribution in [0.15, 0.2) is 22.7 Å². The van der Waals surface area contributed by atoms with Crippen molar-refractivity contribution in [2.24, 2.45) is 0 Å². The maximum absolute atomic E-state index is 5.89. The molecule has 0 spiro atoms. The first-order valence-electron chi connectivity index (χ1n) is 7.05. The molecule has 0 saturated carbocycles. The van der Waals surface area contributed by atoms with E-state index < -0.39 is 0 Å². The molecule has 1 aromatic rings. The molecule has 0 amide bonds. The van der Waals surface area contributed by atoms with Crippen molar-refractivity contribution < 1.29 is 9.47 Å². The summed E-state index contributed by atoms with van der Waals surface area (Å²) in [5.41, 5.74) is 1.16. The number of rotatable bonds is 7. The van der Waals surface area contributed by atoms with E-state index in [1.165, 1.54) is 5.56 Å². The minimum absolute atomic E-state index is 0.103. The molecule has 1 unspecified atom stereocenters. The van der Waals surface area contributed by atoms with Gasteiger partial charge >= 0.3 is 0 Å². The van der Waals surface area contributed by atoms with E-state index >= 15 is 0 Å². The number of hydrogen-bond acceptors (Lipinski definition) is 3. The van der Waals surface area contributed by atoms with Gasteiger partial charge in [-0.3, -0.25) is 0 Å². The Morgan fingerprint density at radius 1 is 1.30 bits per heavy atom. The van der Waals surface area contributed by atoms with Crippen molar-refractivity contribution in [2.75, 3.05) is 20.3 Å². The van der Waals surface area contributed by atoms with E-state index in [4.69, 9.17) is 9.47 Å². The average molecular weight is 344 g/mol. The van der Waals surface area contributed by atoms with E-state index in [9.17, 15) is 0 Å². The quantitative estimate of drug-likeness (QED) is 0.816. The van der Waals surface area contributed by atoms with Gasteiger partial charge in [0.1, 0.15) is 5.75 Å². The van der Waals surface area contributed by atoms with Crippen molar-refractivity contribution in [1.29, 1.82) is 0 Å². The van der Waals surface area contributed by atoms with Gasteiger partial charge in [-0.2, -0.15) is 0 Å². The number of methoxy groups -OCH3 is 1. The van der Waals surface area contributed by atoms with Gasteiger partial charge in [-0.05, 0) is 67.4 Å². The second kappa shape index (κ2) is 8.01. The molecular weight excluding hydrogens is 318 g/mol. The number of nitrogens with one attached hydrogen (secondary N) is 1. The predicted molar refractivity (Wildman–Crippen MR) is 87.6 cm³/mol. The highest BCUT2D eigenvalue weighted by Crippen LogP contribution is 2.26. The fourth-order valence-electron chi connectivity index (χ4n) is 1.95. The van der Waals surface area contributed by atoms with Crippen LogP contribution in [0, 0.1) is 0 Å². The lowest BCUT2D eigenvalue weighted by Gasteiger charge is -2.25. The SMILES string of the molecule is CCNC(COC(C)(C)C)Cc1ccc(OC)c(Br)c1. The topological polar surface area (TPSA) is 30.5 Å². The highest BCUT2D eigenvalue weighted by Gasteiger charge is 2.15. The molecule has 0 heterocycles. The van der Waals surface area contributed by atoms with Gasteiger partial charge in [0.25, 0.3) is 0 Å². The number of likely N-dealkylation sites (N-methyl/N-ethyl adjacent to an activating group) is 1. The molecule has 4 heteroatoms. The average Bonchev–Trinajstić information content (AvgIpc) is 2.35. The van der Waals surface area contributed by atoms with E-state index in [0.29, 0.717) is 12.6 Å². The Kier molecular flexibility index (Phi) is 7.00. The summed E-state index contributed by atoms with van der Waals surface area (Å²) in [6, 6.07) is 6.53. The fourth-order valence-corrected chi connectivity index (χ4v) is 2.54. The number of benzene rings is 1. The molecule has 0 aliphatic rings. The molecule has 0 fully saturated rings. The van der Waals surface area contributed by atoms with Crippen LogP contribution < -0.4 is 10.1 Å². The van der Waals surface area contributed by atoms with E-state index in [-0.39, 0.29) is 5.60 Å². The van der Waals surface area contributed by atoms with Crippen molar-refractivity contribution in [1.82, 2.24) is 5.32 Å². The van der Waals surface area contributed by atoms with Crippen LogP contribution >= 0.6 is 15.9 Å². The summed E-state index contributed by atoms with van der Waals surface area (Å²) in [4.78, 5) is 0. The van der Waals surface area contributed by atoms with Crippen LogP contribution in [-0.2, 0) is 11.2 Å². The smallest absolute Gasteiger partial charge is 0.133 e. The summed E-state index contributed by atoms with van der Waals surface area (Å²) in [7, 11) is 1.68. The molecule has 1 rings (SSSR count). The first-order chi connectivity index (χ1) is 9.35. The van der Waals surface area contributed by atoms with Crippen molar-refractivity contribution in [3.8, 4) is 5.75 Å². The Hall–Kier alpha value is -0.580. The molecule has 0 bridgehead atoms. The third-order valence-electron chi connectivity index (χ3n) is 2.91. The third kappa shape index (κ3) is 6.25. The molecule has 114 valence electrons. The lowest BCUT2D eigenvalue weighted by molar-refractivity contribution is -0.0141. The maximum Gasteiger partial charge on any atom is 0.133 e. The van der Waals surface area contributed by atoms with Crippen LogP contribution in [0.4, 0.5) is 0 Å². The zero-order chi connectivity index (χ0) is 15.2. The van der Waals surface area contributed by atoms with Crippen LogP contribution in [0.25, 0.3) is 0 Å². The largest absolute Gasteiger partial charge is 0.496 e. The second-order valence-corrected chi connectivity index (χ2v) is 6.71. The van der Waals surface area contributed by atoms with Crippen LogP contribution in [0.3, 0.4) is 0 Å². The third-order valence-corrected chi connectivity index (χ3v) is 3.53. The Bertz CT molecular complexity index is 415. The van der Waals surface area contributed by atoms with Gasteiger partial charge in [-0.1, -0.05) is 13.0 Å². The summed E-state index contributed by atoms with van der Waals surface area (Å²) in [5, 5.41) is 3.48. The van der Waals surface area contributed by atoms with E-state index in [1.54, 1.807) is 7.11 Å². The molecule has 0 aliphatic heterocycles. The van der Waals surface area contributed by atoms with Crippen molar-refractivity contribution in [3.63, 3.8) is 0 Å². The predicted octanol–water partition coefficient (Wildman–Crippen LogP) is 3.79. The molecule has 0 radical (unpaired) electrons. The normalized spacial score (nSPS) is 13.3. The molecule has 0 saturated heterocycles. The van der Waals surface area contributed by atoms with Crippen LogP contribution in [0.2, 0.25) is 0 Å². The van der Waals surface area contributed by atoms with Gasteiger partial charge in [-0.25, -0.2) is 0 Å². The van der Waals surface area contributed by atoms with E-state index in [2.05, 4.69) is 61.1 Å². The number of halogens is 1. The van der Waals surface area contributed by atoms with Crippen molar-refractivity contribution in [3.05, 3.63) is 28.2 Å². The maximum atomic E-state index is 5.89. The first kappa shape index (κ1) is 17.5. The van der Waals surface area contributed by atoms with Gasteiger partial charge < -0.3 is 14.8 Å². The summed E-state index contributed by atoms with van der Waals surface area (Å²) < 4.78 is 12.1. The minimum Gasteiger partial charge on any atom is -0.496 e. The van der Waals surface area contributed by atoms with E-state index in [0.717, 1.165) is 23.2 Å². The summed E-state index contributed by atoms with van der Waals surface area (Å²) in [6.45, 7) is 10.0. The van der Waals surface area contributed by atoms with Gasteiger partial charge in [-0.15, -0.1) is 0 Å². The molecule has 1 N–H and O–H groups in total. The zero-order valence-corrected chi connectivity index (χ0v) is 14.7. The monoisotopic (exact) mass is 343 g/mol. The molecule has 3 nitrogen and oxygen atoms in total. The zero-order valence-electron chi connectivity index (χ0n) is 13.1. The Morgan fingerprint density at radius 3 is 2.50 bits per heavy atom. The highest BCUT2D eigenvalue weighted by molar-refractivity contribution is 9.10. The lowest BCUT2D eigenvalue weighted by atomic mass is 10.1. The van der Waals surface area contributed by atoms with Gasteiger partial charge in [0.2, 0.25) is 0 Å². The summed E-state index contributed by atoms with van der Waals surface area (Å²) in [5.74, 6) is 0.861. The molecule has 0 aromatic heterocycles. The molecule has 20 heavy (non-hydrogen) atoms. The van der Waals surface area contributed by atoms with Crippen molar-refractivity contribution in [2.45, 2.75) is 45.8 Å². The van der Waals surface area contributed by atoms with E-state index in [1.807, 2.05) is 6.07 Å². The molecular formula is C16H26BrNO2. The number of ether oxygens (including phenoxy) is 2. The molecule has 1 atom stereocenters. The Labute approximate surface area is 131 Å². The van der Waals surface area contributed by atoms with Gasteiger partial charge in [0.15, 0.2) is 0 Å².